The highest BCUT2D eigenvalue weighted by atomic mass is 16.1. The molecule has 0 radical (unpaired) electrons. The van der Waals surface area contributed by atoms with E-state index in [1.54, 1.807) is 21.9 Å². The third-order valence-corrected chi connectivity index (χ3v) is 3.77. The molecule has 4 rings (SSSR count). The van der Waals surface area contributed by atoms with Crippen molar-refractivity contribution in [2.45, 2.75) is 18.9 Å². The first kappa shape index (κ1) is 12.9. The molecule has 1 fully saturated rings. The van der Waals surface area contributed by atoms with Crippen LogP contribution >= 0.6 is 0 Å². The molecule has 1 aliphatic carbocycles. The Kier molecular flexibility index (Phi) is 2.87. The number of hydrogen-bond donors (Lipinski definition) is 1. The van der Waals surface area contributed by atoms with Crippen LogP contribution < -0.4 is 10.9 Å². The third-order valence-electron chi connectivity index (χ3n) is 3.77. The van der Waals surface area contributed by atoms with Gasteiger partial charge < -0.3 is 0 Å². The van der Waals surface area contributed by atoms with Crippen LogP contribution in [0.5, 0.6) is 0 Å². The number of fused-ring (bicyclic) bond motifs is 1. The average Bonchev–Trinajstić information content (AvgIpc) is 3.34. The Morgan fingerprint density at radius 2 is 2.23 bits per heavy atom. The Labute approximate surface area is 126 Å². The van der Waals surface area contributed by atoms with E-state index in [1.807, 2.05) is 18.2 Å². The van der Waals surface area contributed by atoms with Gasteiger partial charge in [-0.2, -0.15) is 9.61 Å². The van der Waals surface area contributed by atoms with Crippen molar-refractivity contribution in [1.29, 1.82) is 0 Å². The van der Waals surface area contributed by atoms with Gasteiger partial charge in [-0.25, -0.2) is 10.8 Å². The van der Waals surface area contributed by atoms with Crippen LogP contribution in [0, 0.1) is 0 Å². The van der Waals surface area contributed by atoms with Crippen molar-refractivity contribution in [2.24, 2.45) is 5.84 Å². The number of nitrogens with zero attached hydrogens (tertiary/aromatic N) is 5. The van der Waals surface area contributed by atoms with Crippen LogP contribution in [0.3, 0.4) is 0 Å². The summed E-state index contributed by atoms with van der Waals surface area (Å²) in [5.41, 5.74) is 2.53. The maximum absolute atomic E-state index is 11.2. The smallest absolute Gasteiger partial charge is 0.168 e. The number of anilines is 1. The predicted molar refractivity (Wildman–Crippen MR) is 81.3 cm³/mol. The number of rotatable bonds is 4. The fourth-order valence-electron chi connectivity index (χ4n) is 2.43. The topological polar surface area (TPSA) is 89.4 Å². The van der Waals surface area contributed by atoms with Gasteiger partial charge in [0.1, 0.15) is 5.82 Å². The van der Waals surface area contributed by atoms with E-state index >= 15 is 0 Å². The van der Waals surface area contributed by atoms with Gasteiger partial charge in [-0.05, 0) is 25.0 Å². The normalized spacial score (nSPS) is 14.2. The Morgan fingerprint density at radius 1 is 1.36 bits per heavy atom. The SMILES string of the molecule is NN(c1cc(-c2cccnc2)nc2c(C=O)cnn12)C1CC1. The highest BCUT2D eigenvalue weighted by molar-refractivity contribution is 5.85. The van der Waals surface area contributed by atoms with Gasteiger partial charge in [-0.15, -0.1) is 0 Å². The quantitative estimate of drug-likeness (QED) is 0.445. The molecule has 22 heavy (non-hydrogen) atoms. The lowest BCUT2D eigenvalue weighted by molar-refractivity contribution is 0.112. The second kappa shape index (κ2) is 4.88. The lowest BCUT2D eigenvalue weighted by Gasteiger charge is -2.19. The van der Waals surface area contributed by atoms with E-state index in [1.165, 1.54) is 6.20 Å². The Hall–Kier alpha value is -2.80. The van der Waals surface area contributed by atoms with Gasteiger partial charge in [0.2, 0.25) is 0 Å². The zero-order valence-corrected chi connectivity index (χ0v) is 11.8. The monoisotopic (exact) mass is 294 g/mol. The largest absolute Gasteiger partial charge is 0.298 e. The molecule has 0 amide bonds. The first-order valence-corrected chi connectivity index (χ1v) is 7.06. The van der Waals surface area contributed by atoms with E-state index in [0.29, 0.717) is 17.3 Å². The Bertz CT molecular complexity index is 840. The number of aldehydes is 1. The molecule has 0 spiro atoms. The third kappa shape index (κ3) is 2.03. The van der Waals surface area contributed by atoms with Crippen molar-refractivity contribution in [1.82, 2.24) is 19.6 Å². The summed E-state index contributed by atoms with van der Waals surface area (Å²) in [6, 6.07) is 5.96. The van der Waals surface area contributed by atoms with E-state index in [-0.39, 0.29) is 0 Å². The molecule has 0 aliphatic heterocycles. The maximum Gasteiger partial charge on any atom is 0.168 e. The molecule has 110 valence electrons. The summed E-state index contributed by atoms with van der Waals surface area (Å²) in [6.07, 6.45) is 7.82. The van der Waals surface area contributed by atoms with Crippen molar-refractivity contribution in [3.63, 3.8) is 0 Å². The van der Waals surface area contributed by atoms with Crippen molar-refractivity contribution < 1.29 is 4.79 Å². The van der Waals surface area contributed by atoms with Crippen molar-refractivity contribution >= 4 is 17.8 Å². The van der Waals surface area contributed by atoms with Crippen molar-refractivity contribution in [2.75, 3.05) is 5.01 Å². The second-order valence-corrected chi connectivity index (χ2v) is 5.33. The molecular formula is C15H14N6O. The number of aromatic nitrogens is 4. The lowest BCUT2D eigenvalue weighted by Crippen LogP contribution is -2.35. The maximum atomic E-state index is 11.2. The Morgan fingerprint density at radius 3 is 2.91 bits per heavy atom. The number of carbonyl (C=O) groups excluding carboxylic acids is 1. The lowest BCUT2D eigenvalue weighted by atomic mass is 10.2. The van der Waals surface area contributed by atoms with E-state index in [0.717, 1.165) is 36.2 Å². The van der Waals surface area contributed by atoms with E-state index in [9.17, 15) is 4.79 Å². The molecular weight excluding hydrogens is 280 g/mol. The molecule has 2 N–H and O–H groups in total. The minimum absolute atomic E-state index is 0.316. The first-order valence-electron chi connectivity index (χ1n) is 7.06. The van der Waals surface area contributed by atoms with E-state index < -0.39 is 0 Å². The number of hydrazine groups is 1. The summed E-state index contributed by atoms with van der Waals surface area (Å²) >= 11 is 0. The van der Waals surface area contributed by atoms with Crippen LogP contribution in [0.25, 0.3) is 16.9 Å². The summed E-state index contributed by atoms with van der Waals surface area (Å²) in [7, 11) is 0. The number of pyridine rings is 1. The highest BCUT2D eigenvalue weighted by Gasteiger charge is 2.29. The molecule has 3 aromatic heterocycles. The molecule has 1 saturated carbocycles. The standard InChI is InChI=1S/C15H14N6O/c16-20(12-3-4-12)14-6-13(10-2-1-5-17-7-10)19-15-11(9-22)8-18-21(14)15/h1-2,5-9,12H,3-4,16H2. The van der Waals surface area contributed by atoms with E-state index in [2.05, 4.69) is 15.1 Å². The number of carbonyl (C=O) groups is 1. The molecule has 0 atom stereocenters. The van der Waals surface area contributed by atoms with Crippen molar-refractivity contribution in [3.8, 4) is 11.3 Å². The molecule has 3 heterocycles. The molecule has 0 bridgehead atoms. The van der Waals surface area contributed by atoms with Gasteiger partial charge in [-0.1, -0.05) is 0 Å². The molecule has 0 unspecified atom stereocenters. The van der Waals surface area contributed by atoms with Gasteiger partial charge in [0, 0.05) is 30.1 Å². The molecule has 1 aliphatic rings. The summed E-state index contributed by atoms with van der Waals surface area (Å²) in [5.74, 6) is 6.93. The van der Waals surface area contributed by atoms with Crippen molar-refractivity contribution in [3.05, 3.63) is 42.4 Å². The van der Waals surface area contributed by atoms with Crippen LogP contribution in [0.4, 0.5) is 5.82 Å². The second-order valence-electron chi connectivity index (χ2n) is 5.33. The fourth-order valence-corrected chi connectivity index (χ4v) is 2.43. The molecule has 0 saturated heterocycles. The molecule has 0 aromatic carbocycles. The summed E-state index contributed by atoms with van der Waals surface area (Å²) in [4.78, 5) is 19.9. The van der Waals surface area contributed by atoms with Crippen LogP contribution in [-0.2, 0) is 0 Å². The molecule has 3 aromatic rings. The highest BCUT2D eigenvalue weighted by Crippen LogP contribution is 2.31. The minimum atomic E-state index is 0.316. The summed E-state index contributed by atoms with van der Waals surface area (Å²) in [5, 5.41) is 5.95. The summed E-state index contributed by atoms with van der Waals surface area (Å²) in [6.45, 7) is 0. The number of nitrogens with two attached hydrogens (primary N) is 1. The zero-order valence-electron chi connectivity index (χ0n) is 11.8. The van der Waals surface area contributed by atoms with E-state index in [4.69, 9.17) is 5.84 Å². The van der Waals surface area contributed by atoms with Crippen LogP contribution in [0.2, 0.25) is 0 Å². The van der Waals surface area contributed by atoms with Gasteiger partial charge >= 0.3 is 0 Å². The van der Waals surface area contributed by atoms with Gasteiger partial charge in [0.25, 0.3) is 0 Å². The van der Waals surface area contributed by atoms with Crippen LogP contribution in [0.1, 0.15) is 23.2 Å². The van der Waals surface area contributed by atoms with Crippen LogP contribution in [0.15, 0.2) is 36.8 Å². The van der Waals surface area contributed by atoms with Crippen LogP contribution in [-0.4, -0.2) is 31.9 Å². The van der Waals surface area contributed by atoms with Gasteiger partial charge in [0.05, 0.1) is 17.5 Å². The Balaban J connectivity index is 1.96. The molecule has 7 nitrogen and oxygen atoms in total. The first-order chi connectivity index (χ1) is 10.8. The zero-order chi connectivity index (χ0) is 15.1. The number of hydrogen-bond acceptors (Lipinski definition) is 6. The summed E-state index contributed by atoms with van der Waals surface area (Å²) < 4.78 is 1.61. The van der Waals surface area contributed by atoms with Gasteiger partial charge in [-0.3, -0.25) is 14.8 Å². The van der Waals surface area contributed by atoms with Gasteiger partial charge in [0.15, 0.2) is 11.9 Å². The fraction of sp³-hybridized carbons (Fsp3) is 0.200. The minimum Gasteiger partial charge on any atom is -0.298 e. The predicted octanol–water partition coefficient (Wildman–Crippen LogP) is 1.45. The molecule has 7 heteroatoms. The average molecular weight is 294 g/mol.